The lowest BCUT2D eigenvalue weighted by molar-refractivity contribution is -0.118. The van der Waals surface area contributed by atoms with E-state index in [9.17, 15) is 4.79 Å². The van der Waals surface area contributed by atoms with Gasteiger partial charge in [-0.2, -0.15) is 0 Å². The first-order valence-electron chi connectivity index (χ1n) is 5.79. The molecule has 0 radical (unpaired) electrons. The lowest BCUT2D eigenvalue weighted by Gasteiger charge is -2.14. The number of furan rings is 1. The van der Waals surface area contributed by atoms with Gasteiger partial charge in [0.1, 0.15) is 5.76 Å². The molecule has 0 bridgehead atoms. The zero-order chi connectivity index (χ0) is 11.8. The van der Waals surface area contributed by atoms with Crippen LogP contribution in [0.4, 0.5) is 0 Å². The summed E-state index contributed by atoms with van der Waals surface area (Å²) in [6.07, 6.45) is 4.95. The van der Waals surface area contributed by atoms with Crippen LogP contribution in [0.2, 0.25) is 0 Å². The summed E-state index contributed by atoms with van der Waals surface area (Å²) < 4.78 is 5.35. The van der Waals surface area contributed by atoms with Crippen molar-refractivity contribution in [3.63, 3.8) is 0 Å². The Morgan fingerprint density at radius 2 is 2.38 bits per heavy atom. The van der Waals surface area contributed by atoms with Crippen molar-refractivity contribution >= 4 is 5.91 Å². The van der Waals surface area contributed by atoms with Gasteiger partial charge in [0, 0.05) is 6.42 Å². The Morgan fingerprint density at radius 3 is 2.94 bits per heavy atom. The van der Waals surface area contributed by atoms with Gasteiger partial charge >= 0.3 is 0 Å². The molecular formula is C12H20N2O2. The molecule has 4 heteroatoms. The lowest BCUT2D eigenvalue weighted by atomic mass is 10.1. The molecule has 90 valence electrons. The van der Waals surface area contributed by atoms with Crippen LogP contribution >= 0.6 is 0 Å². The number of rotatable bonds is 8. The van der Waals surface area contributed by atoms with Crippen molar-refractivity contribution in [2.24, 2.45) is 5.73 Å². The van der Waals surface area contributed by atoms with E-state index in [1.165, 1.54) is 0 Å². The van der Waals surface area contributed by atoms with Gasteiger partial charge in [-0.1, -0.05) is 6.92 Å². The van der Waals surface area contributed by atoms with Crippen molar-refractivity contribution in [2.45, 2.75) is 38.6 Å². The van der Waals surface area contributed by atoms with Gasteiger partial charge in [-0.15, -0.1) is 0 Å². The highest BCUT2D eigenvalue weighted by Crippen LogP contribution is 2.16. The number of carbonyl (C=O) groups excluding carboxylic acids is 1. The van der Waals surface area contributed by atoms with Gasteiger partial charge in [-0.05, 0) is 37.9 Å². The second kappa shape index (κ2) is 7.06. The highest BCUT2D eigenvalue weighted by atomic mass is 16.3. The lowest BCUT2D eigenvalue weighted by Crippen LogP contribution is -2.21. The van der Waals surface area contributed by atoms with Gasteiger partial charge in [0.15, 0.2) is 0 Å². The number of hydrogen-bond donors (Lipinski definition) is 2. The van der Waals surface area contributed by atoms with Crippen LogP contribution in [0.5, 0.6) is 0 Å². The summed E-state index contributed by atoms with van der Waals surface area (Å²) in [5, 5.41) is 3.40. The van der Waals surface area contributed by atoms with Gasteiger partial charge < -0.3 is 15.5 Å². The Morgan fingerprint density at radius 1 is 1.56 bits per heavy atom. The number of primary amides is 1. The first-order chi connectivity index (χ1) is 7.74. The SMILES string of the molecule is CCC(NCCCCC(N)=O)c1ccco1. The van der Waals surface area contributed by atoms with Crippen molar-refractivity contribution in [1.82, 2.24) is 5.32 Å². The minimum absolute atomic E-state index is 0.224. The van der Waals surface area contributed by atoms with Crippen LogP contribution in [0.25, 0.3) is 0 Å². The standard InChI is InChI=1S/C12H20N2O2/c1-2-10(11-6-5-9-16-11)14-8-4-3-7-12(13)15/h5-6,9-10,14H,2-4,7-8H2,1H3,(H2,13,15). The average Bonchev–Trinajstić information content (AvgIpc) is 2.76. The summed E-state index contributed by atoms with van der Waals surface area (Å²) in [5.74, 6) is 0.746. The molecule has 1 aromatic heterocycles. The number of nitrogens with one attached hydrogen (secondary N) is 1. The molecule has 16 heavy (non-hydrogen) atoms. The number of hydrogen-bond acceptors (Lipinski definition) is 3. The van der Waals surface area contributed by atoms with Gasteiger partial charge in [-0.25, -0.2) is 0 Å². The molecule has 1 unspecified atom stereocenters. The van der Waals surface area contributed by atoms with Crippen LogP contribution in [-0.2, 0) is 4.79 Å². The molecule has 0 aliphatic carbocycles. The van der Waals surface area contributed by atoms with Crippen molar-refractivity contribution in [2.75, 3.05) is 6.54 Å². The van der Waals surface area contributed by atoms with Crippen molar-refractivity contribution in [1.29, 1.82) is 0 Å². The van der Waals surface area contributed by atoms with E-state index in [2.05, 4.69) is 12.2 Å². The summed E-state index contributed by atoms with van der Waals surface area (Å²) in [5.41, 5.74) is 5.06. The van der Waals surface area contributed by atoms with E-state index < -0.39 is 0 Å². The minimum Gasteiger partial charge on any atom is -0.468 e. The zero-order valence-corrected chi connectivity index (χ0v) is 9.74. The largest absolute Gasteiger partial charge is 0.468 e. The van der Waals surface area contributed by atoms with E-state index in [1.54, 1.807) is 6.26 Å². The summed E-state index contributed by atoms with van der Waals surface area (Å²) in [7, 11) is 0. The van der Waals surface area contributed by atoms with Gasteiger partial charge in [0.05, 0.1) is 12.3 Å². The highest BCUT2D eigenvalue weighted by Gasteiger charge is 2.10. The summed E-state index contributed by atoms with van der Waals surface area (Å²) in [6, 6.07) is 4.14. The number of nitrogens with two attached hydrogens (primary N) is 1. The van der Waals surface area contributed by atoms with Crippen LogP contribution in [0.15, 0.2) is 22.8 Å². The van der Waals surface area contributed by atoms with E-state index >= 15 is 0 Å². The first kappa shape index (κ1) is 12.8. The first-order valence-corrected chi connectivity index (χ1v) is 5.79. The van der Waals surface area contributed by atoms with Crippen LogP contribution in [-0.4, -0.2) is 12.5 Å². The van der Waals surface area contributed by atoms with E-state index in [0.717, 1.165) is 31.6 Å². The third kappa shape index (κ3) is 4.49. The molecule has 0 saturated heterocycles. The average molecular weight is 224 g/mol. The van der Waals surface area contributed by atoms with E-state index in [0.29, 0.717) is 6.42 Å². The highest BCUT2D eigenvalue weighted by molar-refractivity contribution is 5.73. The van der Waals surface area contributed by atoms with E-state index in [1.807, 2.05) is 12.1 Å². The van der Waals surface area contributed by atoms with Crippen molar-refractivity contribution in [3.05, 3.63) is 24.2 Å². The Balaban J connectivity index is 2.18. The normalized spacial score (nSPS) is 12.6. The predicted octanol–water partition coefficient (Wildman–Crippen LogP) is 1.98. The predicted molar refractivity (Wildman–Crippen MR) is 62.8 cm³/mol. The number of carbonyl (C=O) groups is 1. The van der Waals surface area contributed by atoms with Crippen LogP contribution in [0.3, 0.4) is 0 Å². The molecule has 1 amide bonds. The maximum absolute atomic E-state index is 10.5. The van der Waals surface area contributed by atoms with Crippen molar-refractivity contribution in [3.8, 4) is 0 Å². The molecule has 0 saturated carbocycles. The summed E-state index contributed by atoms with van der Waals surface area (Å²) in [6.45, 7) is 3.00. The molecule has 4 nitrogen and oxygen atoms in total. The van der Waals surface area contributed by atoms with Crippen LogP contribution in [0, 0.1) is 0 Å². The summed E-state index contributed by atoms with van der Waals surface area (Å²) in [4.78, 5) is 10.5. The van der Waals surface area contributed by atoms with Gasteiger partial charge in [0.2, 0.25) is 5.91 Å². The second-order valence-corrected chi connectivity index (χ2v) is 3.85. The molecule has 1 rings (SSSR count). The molecule has 0 fully saturated rings. The van der Waals surface area contributed by atoms with E-state index in [4.69, 9.17) is 10.2 Å². The molecule has 1 atom stereocenters. The topological polar surface area (TPSA) is 68.3 Å². The fraction of sp³-hybridized carbons (Fsp3) is 0.583. The molecule has 0 aromatic carbocycles. The molecule has 1 aromatic rings. The fourth-order valence-electron chi connectivity index (χ4n) is 1.64. The zero-order valence-electron chi connectivity index (χ0n) is 9.74. The maximum Gasteiger partial charge on any atom is 0.217 e. The summed E-state index contributed by atoms with van der Waals surface area (Å²) >= 11 is 0. The Labute approximate surface area is 96.2 Å². The van der Waals surface area contributed by atoms with Gasteiger partial charge in [-0.3, -0.25) is 4.79 Å². The van der Waals surface area contributed by atoms with Gasteiger partial charge in [0.25, 0.3) is 0 Å². The number of unbranched alkanes of at least 4 members (excludes halogenated alkanes) is 1. The minimum atomic E-state index is -0.224. The molecule has 0 aliphatic heterocycles. The quantitative estimate of drug-likeness (QED) is 0.663. The monoisotopic (exact) mass is 224 g/mol. The maximum atomic E-state index is 10.5. The Kier molecular flexibility index (Phi) is 5.64. The molecule has 1 heterocycles. The third-order valence-electron chi connectivity index (χ3n) is 2.54. The molecule has 0 spiro atoms. The molecule has 3 N–H and O–H groups in total. The Hall–Kier alpha value is -1.29. The second-order valence-electron chi connectivity index (χ2n) is 3.85. The molecule has 0 aliphatic rings. The van der Waals surface area contributed by atoms with Crippen LogP contribution < -0.4 is 11.1 Å². The fourth-order valence-corrected chi connectivity index (χ4v) is 1.64. The third-order valence-corrected chi connectivity index (χ3v) is 2.54. The van der Waals surface area contributed by atoms with Crippen molar-refractivity contribution < 1.29 is 9.21 Å². The smallest absolute Gasteiger partial charge is 0.217 e. The van der Waals surface area contributed by atoms with Crippen LogP contribution in [0.1, 0.15) is 44.4 Å². The Bertz CT molecular complexity index is 296. The molecular weight excluding hydrogens is 204 g/mol. The van der Waals surface area contributed by atoms with E-state index in [-0.39, 0.29) is 11.9 Å². The number of amides is 1.